The van der Waals surface area contributed by atoms with Gasteiger partial charge >= 0.3 is 0 Å². The Labute approximate surface area is 301 Å². The molecule has 2 aliphatic rings. The van der Waals surface area contributed by atoms with E-state index in [1.165, 1.54) is 22.2 Å². The molecule has 5 heteroatoms. The number of aryl methyl sites for hydroxylation is 2. The molecule has 3 heterocycles. The van der Waals surface area contributed by atoms with Crippen LogP contribution >= 0.6 is 0 Å². The standard InChI is InChI=1S/C47H33N3O2/c1-29(31-23-26-38-37-16-7-10-20-42(37)52-45(38)28-31)48-47(49-30(2)34-18-12-22-44-46(34)39-17-8-11-21-43(39)51-44)32-24-25-36-35-15-6-9-19-40(35)50(41(36)27-32)33-13-4-3-5-14-33/h3-5,7-9,12-14,16-19,22-28H,1,6,10,15,20H2,2H3/b48-47-,49-30+. The van der Waals surface area contributed by atoms with Crippen LogP contribution in [0.5, 0.6) is 0 Å². The second kappa shape index (κ2) is 12.0. The van der Waals surface area contributed by atoms with Gasteiger partial charge in [-0.1, -0.05) is 79.4 Å². The zero-order valence-corrected chi connectivity index (χ0v) is 28.7. The SMILES string of the molecule is C=C(/N=C(\N=C(/C)c1cccc2oc3c#cccc3c12)c1ccc2c3c(n(-c4ccccc4)c2c1)C=CCC3)c1ccc2c3c(oc2c1)CCC=C3. The number of aliphatic imine (C=N–C) groups is 2. The van der Waals surface area contributed by atoms with E-state index in [2.05, 4.69) is 120 Å². The topological polar surface area (TPSA) is 55.9 Å². The molecule has 3 aromatic heterocycles. The van der Waals surface area contributed by atoms with Crippen molar-refractivity contribution in [2.75, 3.05) is 0 Å². The molecule has 0 saturated carbocycles. The summed E-state index contributed by atoms with van der Waals surface area (Å²) in [6, 6.07) is 39.5. The van der Waals surface area contributed by atoms with Crippen molar-refractivity contribution >= 4 is 73.2 Å². The van der Waals surface area contributed by atoms with Gasteiger partial charge in [0, 0.05) is 67.3 Å². The molecule has 0 unspecified atom stereocenters. The van der Waals surface area contributed by atoms with E-state index in [9.17, 15) is 0 Å². The van der Waals surface area contributed by atoms with Gasteiger partial charge in [0.15, 0.2) is 11.4 Å². The first-order valence-electron chi connectivity index (χ1n) is 17.8. The van der Waals surface area contributed by atoms with E-state index in [1.54, 1.807) is 0 Å². The monoisotopic (exact) mass is 671 g/mol. The van der Waals surface area contributed by atoms with Gasteiger partial charge in [-0.15, -0.1) is 0 Å². The average Bonchev–Trinajstić information content (AvgIpc) is 3.86. The van der Waals surface area contributed by atoms with Gasteiger partial charge in [0.05, 0.1) is 11.2 Å². The van der Waals surface area contributed by atoms with Crippen molar-refractivity contribution < 1.29 is 8.83 Å². The molecule has 0 amide bonds. The lowest BCUT2D eigenvalue weighted by Gasteiger charge is -2.12. The highest BCUT2D eigenvalue weighted by Crippen LogP contribution is 2.36. The van der Waals surface area contributed by atoms with Crippen LogP contribution in [-0.4, -0.2) is 16.1 Å². The molecule has 0 fully saturated rings. The Morgan fingerprint density at radius 3 is 2.54 bits per heavy atom. The Morgan fingerprint density at radius 1 is 0.769 bits per heavy atom. The third-order valence-electron chi connectivity index (χ3n) is 10.4. The quantitative estimate of drug-likeness (QED) is 0.135. The maximum atomic E-state index is 6.31. The van der Waals surface area contributed by atoms with Crippen LogP contribution in [-0.2, 0) is 12.8 Å². The summed E-state index contributed by atoms with van der Waals surface area (Å²) in [5.41, 5.74) is 12.5. The molecule has 0 atom stereocenters. The minimum absolute atomic E-state index is 0.574. The highest BCUT2D eigenvalue weighted by Gasteiger charge is 2.21. The second-order valence-electron chi connectivity index (χ2n) is 13.5. The largest absolute Gasteiger partial charge is 0.460 e. The third kappa shape index (κ3) is 4.87. The van der Waals surface area contributed by atoms with Crippen LogP contribution in [0, 0.1) is 12.1 Å². The van der Waals surface area contributed by atoms with E-state index in [0.717, 1.165) is 92.4 Å². The molecular weight excluding hydrogens is 639 g/mol. The second-order valence-corrected chi connectivity index (χ2v) is 13.5. The predicted molar refractivity (Wildman–Crippen MR) is 213 cm³/mol. The number of allylic oxidation sites excluding steroid dienone is 2. The van der Waals surface area contributed by atoms with Crippen molar-refractivity contribution in [1.29, 1.82) is 0 Å². The van der Waals surface area contributed by atoms with Crippen LogP contribution in [0.15, 0.2) is 135 Å². The number of amidine groups is 1. The fourth-order valence-corrected chi connectivity index (χ4v) is 7.88. The van der Waals surface area contributed by atoms with E-state index < -0.39 is 0 Å². The first-order valence-corrected chi connectivity index (χ1v) is 17.8. The number of nitrogens with zero attached hydrogens (tertiary/aromatic N) is 3. The van der Waals surface area contributed by atoms with Gasteiger partial charge in [0.25, 0.3) is 0 Å². The van der Waals surface area contributed by atoms with Crippen molar-refractivity contribution in [3.63, 3.8) is 0 Å². The molecule has 0 saturated heterocycles. The fraction of sp³-hybridized carbons (Fsp3) is 0.106. The predicted octanol–water partition coefficient (Wildman–Crippen LogP) is 11.7. The van der Waals surface area contributed by atoms with Crippen LogP contribution in [0.2, 0.25) is 0 Å². The van der Waals surface area contributed by atoms with Crippen LogP contribution in [0.4, 0.5) is 0 Å². The van der Waals surface area contributed by atoms with Gasteiger partial charge in [-0.05, 0) is 92.4 Å². The van der Waals surface area contributed by atoms with Crippen LogP contribution in [0.25, 0.3) is 67.3 Å². The van der Waals surface area contributed by atoms with Crippen LogP contribution in [0.3, 0.4) is 0 Å². The third-order valence-corrected chi connectivity index (χ3v) is 10.4. The smallest absolute Gasteiger partial charge is 0.185 e. The molecule has 2 aliphatic carbocycles. The number of benzene rings is 4. The molecule has 0 radical (unpaired) electrons. The number of aromatic nitrogens is 1. The maximum Gasteiger partial charge on any atom is 0.185 e. The Morgan fingerprint density at radius 2 is 1.62 bits per heavy atom. The highest BCUT2D eigenvalue weighted by molar-refractivity contribution is 6.21. The molecule has 0 spiro atoms. The summed E-state index contributed by atoms with van der Waals surface area (Å²) < 4.78 is 14.8. The average molecular weight is 672 g/mol. The summed E-state index contributed by atoms with van der Waals surface area (Å²) in [5, 5.41) is 4.33. The molecule has 10 rings (SSSR count). The molecule has 248 valence electrons. The van der Waals surface area contributed by atoms with Gasteiger partial charge in [-0.25, -0.2) is 9.98 Å². The van der Waals surface area contributed by atoms with Crippen molar-refractivity contribution in [2.45, 2.75) is 32.6 Å². The van der Waals surface area contributed by atoms with Gasteiger partial charge in [0.1, 0.15) is 16.9 Å². The zero-order valence-electron chi connectivity index (χ0n) is 28.7. The number of furan rings is 2. The number of fused-ring (bicyclic) bond motifs is 9. The van der Waals surface area contributed by atoms with Crippen molar-refractivity contribution in [3.05, 3.63) is 167 Å². The molecule has 8 aromatic rings. The molecule has 0 aliphatic heterocycles. The first-order chi connectivity index (χ1) is 25.6. The van der Waals surface area contributed by atoms with E-state index in [1.807, 2.05) is 31.2 Å². The minimum atomic E-state index is 0.574. The number of rotatable bonds is 5. The van der Waals surface area contributed by atoms with Gasteiger partial charge in [0.2, 0.25) is 0 Å². The van der Waals surface area contributed by atoms with Crippen LogP contribution in [0.1, 0.15) is 59.0 Å². The van der Waals surface area contributed by atoms with Crippen molar-refractivity contribution in [1.82, 2.24) is 4.57 Å². The summed E-state index contributed by atoms with van der Waals surface area (Å²) >= 11 is 0. The van der Waals surface area contributed by atoms with E-state index in [-0.39, 0.29) is 0 Å². The molecule has 5 aromatic carbocycles. The molecule has 5 nitrogen and oxygen atoms in total. The fourth-order valence-electron chi connectivity index (χ4n) is 7.88. The van der Waals surface area contributed by atoms with Crippen molar-refractivity contribution in [2.24, 2.45) is 9.98 Å². The Bertz CT molecular complexity index is 2870. The number of hydrogen-bond acceptors (Lipinski definition) is 3. The Hall–Kier alpha value is -6.64. The summed E-state index contributed by atoms with van der Waals surface area (Å²) in [6.45, 7) is 6.51. The molecule has 0 bridgehead atoms. The first kappa shape index (κ1) is 30.2. The summed E-state index contributed by atoms with van der Waals surface area (Å²) in [6.07, 6.45) is 12.8. The Balaban J connectivity index is 1.16. The normalized spacial score (nSPS) is 14.3. The minimum Gasteiger partial charge on any atom is -0.460 e. The lowest BCUT2D eigenvalue weighted by Crippen LogP contribution is -2.05. The number of para-hydroxylation sites is 1. The van der Waals surface area contributed by atoms with Gasteiger partial charge < -0.3 is 13.4 Å². The van der Waals surface area contributed by atoms with E-state index in [0.29, 0.717) is 17.1 Å². The molecule has 52 heavy (non-hydrogen) atoms. The number of hydrogen-bond donors (Lipinski definition) is 0. The lowest BCUT2D eigenvalue weighted by atomic mass is 10.00. The summed E-state index contributed by atoms with van der Waals surface area (Å²) in [7, 11) is 0. The van der Waals surface area contributed by atoms with Gasteiger partial charge in [-0.3, -0.25) is 0 Å². The lowest BCUT2D eigenvalue weighted by molar-refractivity contribution is 0.546. The zero-order chi connectivity index (χ0) is 34.8. The van der Waals surface area contributed by atoms with E-state index >= 15 is 0 Å². The van der Waals surface area contributed by atoms with Crippen molar-refractivity contribution in [3.8, 4) is 5.69 Å². The summed E-state index contributed by atoms with van der Waals surface area (Å²) in [4.78, 5) is 10.5. The highest BCUT2D eigenvalue weighted by atomic mass is 16.3. The summed E-state index contributed by atoms with van der Waals surface area (Å²) in [5.74, 6) is 1.61. The van der Waals surface area contributed by atoms with E-state index in [4.69, 9.17) is 18.8 Å². The maximum absolute atomic E-state index is 6.31. The van der Waals surface area contributed by atoms with Gasteiger partial charge in [-0.2, -0.15) is 0 Å². The van der Waals surface area contributed by atoms with Crippen LogP contribution < -0.4 is 0 Å². The molecule has 0 N–H and O–H groups in total. The Kier molecular flexibility index (Phi) is 6.97. The molecular formula is C47H33N3O2.